The van der Waals surface area contributed by atoms with Gasteiger partial charge in [0.25, 0.3) is 0 Å². The van der Waals surface area contributed by atoms with E-state index in [0.717, 1.165) is 49.3 Å². The van der Waals surface area contributed by atoms with Gasteiger partial charge in [-0.1, -0.05) is 78.9 Å². The van der Waals surface area contributed by atoms with Gasteiger partial charge in [0, 0.05) is 0 Å². The fourth-order valence-corrected chi connectivity index (χ4v) is 6.02. The van der Waals surface area contributed by atoms with Crippen LogP contribution in [-0.2, 0) is 9.31 Å². The first-order valence-electron chi connectivity index (χ1n) is 13.8. The summed E-state index contributed by atoms with van der Waals surface area (Å²) in [6.07, 6.45) is 0. The molecular formula is C36H27BN2O2. The minimum Gasteiger partial charge on any atom is -0.399 e. The molecule has 0 spiro atoms. The van der Waals surface area contributed by atoms with Crippen molar-refractivity contribution in [2.75, 3.05) is 0 Å². The van der Waals surface area contributed by atoms with Crippen LogP contribution in [0.4, 0.5) is 5.69 Å². The second-order valence-corrected chi connectivity index (χ2v) is 11.8. The number of nitrogens with zero attached hydrogens (tertiary/aromatic N) is 2. The van der Waals surface area contributed by atoms with E-state index in [1.165, 1.54) is 10.8 Å². The molecule has 4 nitrogen and oxygen atoms in total. The largest absolute Gasteiger partial charge is 0.495 e. The van der Waals surface area contributed by atoms with Crippen molar-refractivity contribution in [2.24, 2.45) is 0 Å². The Morgan fingerprint density at radius 3 is 1.90 bits per heavy atom. The molecule has 0 unspecified atom stereocenters. The summed E-state index contributed by atoms with van der Waals surface area (Å²) in [5.41, 5.74) is 5.64. The lowest BCUT2D eigenvalue weighted by molar-refractivity contribution is 0.00578. The number of benzene rings is 6. The first-order valence-corrected chi connectivity index (χ1v) is 13.8. The number of hydrogen-bond donors (Lipinski definition) is 0. The van der Waals surface area contributed by atoms with Crippen LogP contribution < -0.4 is 5.46 Å². The average molecular weight is 530 g/mol. The van der Waals surface area contributed by atoms with Gasteiger partial charge in [-0.25, -0.2) is 4.85 Å². The van der Waals surface area contributed by atoms with E-state index in [-0.39, 0.29) is 0 Å². The Labute approximate surface area is 240 Å². The summed E-state index contributed by atoms with van der Waals surface area (Å²) < 4.78 is 13.2. The molecule has 0 bridgehead atoms. The van der Waals surface area contributed by atoms with Crippen molar-refractivity contribution < 1.29 is 9.31 Å². The van der Waals surface area contributed by atoms with Crippen LogP contribution >= 0.6 is 0 Å². The fourth-order valence-electron chi connectivity index (χ4n) is 6.02. The van der Waals surface area contributed by atoms with Crippen molar-refractivity contribution in [3.63, 3.8) is 0 Å². The van der Waals surface area contributed by atoms with Crippen molar-refractivity contribution in [3.8, 4) is 28.3 Å². The molecule has 6 aromatic rings. The van der Waals surface area contributed by atoms with Gasteiger partial charge in [0.2, 0.25) is 0 Å². The molecule has 0 aliphatic carbocycles. The summed E-state index contributed by atoms with van der Waals surface area (Å²) >= 11 is 0. The molecule has 0 aromatic heterocycles. The molecule has 1 saturated heterocycles. The molecule has 6 aromatic carbocycles. The summed E-state index contributed by atoms with van der Waals surface area (Å²) in [6.45, 7) is 15.7. The molecule has 1 fully saturated rings. The third-order valence-electron chi connectivity index (χ3n) is 8.95. The van der Waals surface area contributed by atoms with Gasteiger partial charge >= 0.3 is 7.12 Å². The molecule has 0 radical (unpaired) electrons. The molecule has 0 atom stereocenters. The van der Waals surface area contributed by atoms with E-state index < -0.39 is 18.3 Å². The summed E-state index contributed by atoms with van der Waals surface area (Å²) in [5.74, 6) is 0. The van der Waals surface area contributed by atoms with Crippen LogP contribution in [0.2, 0.25) is 0 Å². The minimum absolute atomic E-state index is 0.470. The van der Waals surface area contributed by atoms with E-state index in [2.05, 4.69) is 81.1 Å². The molecule has 1 aliphatic rings. The Hall–Kier alpha value is -4.68. The van der Waals surface area contributed by atoms with Gasteiger partial charge in [-0.3, -0.25) is 0 Å². The fraction of sp³-hybridized carbons (Fsp3) is 0.167. The first-order chi connectivity index (χ1) is 19.7. The maximum atomic E-state index is 9.30. The second-order valence-electron chi connectivity index (χ2n) is 11.8. The molecule has 5 heteroatoms. The highest BCUT2D eigenvalue weighted by Gasteiger charge is 2.52. The van der Waals surface area contributed by atoms with Gasteiger partial charge in [0.05, 0.1) is 29.4 Å². The molecule has 41 heavy (non-hydrogen) atoms. The molecule has 1 heterocycles. The molecule has 0 N–H and O–H groups in total. The highest BCUT2D eigenvalue weighted by Crippen LogP contribution is 2.44. The van der Waals surface area contributed by atoms with Crippen molar-refractivity contribution in [1.82, 2.24) is 0 Å². The van der Waals surface area contributed by atoms with Crippen LogP contribution in [-0.4, -0.2) is 18.3 Å². The van der Waals surface area contributed by atoms with Gasteiger partial charge in [0.1, 0.15) is 0 Å². The van der Waals surface area contributed by atoms with Crippen LogP contribution in [0.3, 0.4) is 0 Å². The van der Waals surface area contributed by atoms with Crippen LogP contribution in [0.25, 0.3) is 59.4 Å². The van der Waals surface area contributed by atoms with Crippen molar-refractivity contribution in [3.05, 3.63) is 108 Å². The molecule has 0 amide bonds. The Balaban J connectivity index is 1.56. The second kappa shape index (κ2) is 8.92. The topological polar surface area (TPSA) is 46.6 Å². The molecule has 196 valence electrons. The normalized spacial score (nSPS) is 15.9. The number of hydrogen-bond acceptors (Lipinski definition) is 3. The lowest BCUT2D eigenvalue weighted by atomic mass is 9.72. The molecular weight excluding hydrogens is 503 g/mol. The van der Waals surface area contributed by atoms with Gasteiger partial charge < -0.3 is 9.31 Å². The zero-order chi connectivity index (χ0) is 28.5. The van der Waals surface area contributed by atoms with E-state index >= 15 is 0 Å². The maximum absolute atomic E-state index is 9.30. The van der Waals surface area contributed by atoms with Crippen molar-refractivity contribution >= 4 is 50.6 Å². The Morgan fingerprint density at radius 2 is 1.24 bits per heavy atom. The first kappa shape index (κ1) is 25.3. The quantitative estimate of drug-likeness (QED) is 0.131. The van der Waals surface area contributed by atoms with Crippen LogP contribution in [0, 0.1) is 17.9 Å². The Kier molecular flexibility index (Phi) is 5.50. The molecule has 0 saturated carbocycles. The van der Waals surface area contributed by atoms with Gasteiger partial charge in [-0.2, -0.15) is 5.26 Å². The lowest BCUT2D eigenvalue weighted by Gasteiger charge is -2.32. The summed E-state index contributed by atoms with van der Waals surface area (Å²) in [6, 6.07) is 33.1. The number of nitriles is 1. The lowest BCUT2D eigenvalue weighted by Crippen LogP contribution is -2.41. The third-order valence-corrected chi connectivity index (χ3v) is 8.95. The highest BCUT2D eigenvalue weighted by molar-refractivity contribution is 6.66. The SMILES string of the molecule is [C-]#[N+]c1ccc(-c2cc(B3OC(C)(C)C(C)(C)O3)c3ccc4c(-c5ccc(C#N)cc5)ccc5ccc2c3c54)cc1. The average Bonchev–Trinajstić information content (AvgIpc) is 3.21. The highest BCUT2D eigenvalue weighted by atomic mass is 16.7. The van der Waals surface area contributed by atoms with E-state index in [1.807, 2.05) is 48.5 Å². The third kappa shape index (κ3) is 3.82. The van der Waals surface area contributed by atoms with Crippen LogP contribution in [0.1, 0.15) is 33.3 Å². The van der Waals surface area contributed by atoms with Crippen molar-refractivity contribution in [1.29, 1.82) is 5.26 Å². The van der Waals surface area contributed by atoms with Crippen molar-refractivity contribution in [2.45, 2.75) is 38.9 Å². The standard InChI is InChI=1S/C36H27BN2O2/c1-35(2)36(3,4)41-37(40-35)32-20-31(24-10-14-26(39-5)15-11-24)29-17-13-25-12-16-27(23-8-6-22(21-38)7-9-23)28-18-19-30(32)34(29)33(25)28/h6-20H,1-4H3. The van der Waals surface area contributed by atoms with Crippen LogP contribution in [0.15, 0.2) is 91.0 Å². The van der Waals surface area contributed by atoms with E-state index in [0.29, 0.717) is 11.3 Å². The smallest absolute Gasteiger partial charge is 0.399 e. The van der Waals surface area contributed by atoms with Gasteiger partial charge in [-0.05, 0) is 99.9 Å². The number of rotatable bonds is 3. The minimum atomic E-state index is -0.524. The summed E-state index contributed by atoms with van der Waals surface area (Å²) in [4.78, 5) is 3.59. The van der Waals surface area contributed by atoms with Gasteiger partial charge in [-0.15, -0.1) is 0 Å². The predicted molar refractivity (Wildman–Crippen MR) is 168 cm³/mol. The van der Waals surface area contributed by atoms with E-state index in [1.54, 1.807) is 0 Å². The van der Waals surface area contributed by atoms with Crippen LogP contribution in [0.5, 0.6) is 0 Å². The zero-order valence-electron chi connectivity index (χ0n) is 23.4. The maximum Gasteiger partial charge on any atom is 0.495 e. The molecule has 7 rings (SSSR count). The van der Waals surface area contributed by atoms with E-state index in [4.69, 9.17) is 15.9 Å². The monoisotopic (exact) mass is 530 g/mol. The van der Waals surface area contributed by atoms with E-state index in [9.17, 15) is 5.26 Å². The zero-order valence-corrected chi connectivity index (χ0v) is 23.4. The summed E-state index contributed by atoms with van der Waals surface area (Å²) in [5, 5.41) is 16.2. The molecule has 1 aliphatic heterocycles. The van der Waals surface area contributed by atoms with Gasteiger partial charge in [0.15, 0.2) is 5.69 Å². The predicted octanol–water partition coefficient (Wildman–Crippen LogP) is 8.64. The Morgan fingerprint density at radius 1 is 0.683 bits per heavy atom. The summed E-state index contributed by atoms with van der Waals surface area (Å²) in [7, 11) is -0.524. The Bertz CT molecular complexity index is 2050.